The van der Waals surface area contributed by atoms with Crippen LogP contribution in [0.3, 0.4) is 0 Å². The lowest BCUT2D eigenvalue weighted by molar-refractivity contribution is 0.170. The van der Waals surface area contributed by atoms with Crippen molar-refractivity contribution in [3.63, 3.8) is 0 Å². The lowest BCUT2D eigenvalue weighted by Gasteiger charge is -2.42. The van der Waals surface area contributed by atoms with Crippen molar-refractivity contribution in [1.82, 2.24) is 19.7 Å². The van der Waals surface area contributed by atoms with Crippen molar-refractivity contribution >= 4 is 23.4 Å². The van der Waals surface area contributed by atoms with E-state index in [-0.39, 0.29) is 5.41 Å². The quantitative estimate of drug-likeness (QED) is 0.572. The number of ether oxygens (including phenoxy) is 1. The third-order valence-electron chi connectivity index (χ3n) is 4.98. The van der Waals surface area contributed by atoms with Gasteiger partial charge >= 0.3 is 6.09 Å². The number of fused-ring (bicyclic) bond motifs is 3. The zero-order chi connectivity index (χ0) is 21.1. The summed E-state index contributed by atoms with van der Waals surface area (Å²) >= 11 is 6.22. The number of hydrogen-bond donors (Lipinski definition) is 0. The van der Waals surface area contributed by atoms with Crippen LogP contribution in [0.5, 0.6) is 0 Å². The van der Waals surface area contributed by atoms with Gasteiger partial charge in [0.15, 0.2) is 0 Å². The second-order valence-electron chi connectivity index (χ2n) is 8.48. The van der Waals surface area contributed by atoms with E-state index in [1.165, 1.54) is 7.11 Å². The van der Waals surface area contributed by atoms with Gasteiger partial charge in [-0.15, -0.1) is 0 Å². The van der Waals surface area contributed by atoms with E-state index < -0.39 is 11.6 Å². The monoisotopic (exact) mass is 415 g/mol. The fourth-order valence-electron chi connectivity index (χ4n) is 3.61. The molecule has 0 saturated heterocycles. The molecule has 0 radical (unpaired) electrons. The highest BCUT2D eigenvalue weighted by Crippen LogP contribution is 2.46. The molecule has 4 rings (SSSR count). The molecular weight excluding hydrogens is 394 g/mol. The van der Waals surface area contributed by atoms with Gasteiger partial charge in [-0.1, -0.05) is 37.5 Å². The molecule has 0 spiro atoms. The molecule has 9 heteroatoms. The molecule has 1 aliphatic rings. The van der Waals surface area contributed by atoms with Crippen LogP contribution in [0.1, 0.15) is 46.2 Å². The van der Waals surface area contributed by atoms with Gasteiger partial charge in [-0.25, -0.2) is 9.78 Å². The van der Waals surface area contributed by atoms with Crippen molar-refractivity contribution in [3.05, 3.63) is 41.1 Å². The highest BCUT2D eigenvalue weighted by molar-refractivity contribution is 6.31. The van der Waals surface area contributed by atoms with E-state index in [1.54, 1.807) is 23.4 Å². The van der Waals surface area contributed by atoms with Crippen LogP contribution in [0.2, 0.25) is 5.02 Å². The summed E-state index contributed by atoms with van der Waals surface area (Å²) in [6, 6.07) is 5.35. The smallest absolute Gasteiger partial charge is 0.414 e. The van der Waals surface area contributed by atoms with Gasteiger partial charge in [-0.05, 0) is 32.0 Å². The third kappa shape index (κ3) is 2.90. The molecule has 29 heavy (non-hydrogen) atoms. The molecule has 0 saturated carbocycles. The first-order valence-corrected chi connectivity index (χ1v) is 9.54. The number of hydrogen-bond acceptors (Lipinski definition) is 6. The normalized spacial score (nSPS) is 15.1. The van der Waals surface area contributed by atoms with Crippen LogP contribution in [0.4, 0.5) is 10.5 Å². The molecular formula is C20H22ClN5O3. The second-order valence-corrected chi connectivity index (χ2v) is 8.92. The maximum absolute atomic E-state index is 12.8. The Morgan fingerprint density at radius 2 is 1.97 bits per heavy atom. The van der Waals surface area contributed by atoms with E-state index in [1.807, 2.05) is 45.3 Å². The van der Waals surface area contributed by atoms with E-state index in [2.05, 4.69) is 15.1 Å². The summed E-state index contributed by atoms with van der Waals surface area (Å²) in [5, 5.41) is 4.66. The number of benzene rings is 1. The molecule has 3 heterocycles. The predicted molar refractivity (Wildman–Crippen MR) is 108 cm³/mol. The van der Waals surface area contributed by atoms with Crippen molar-refractivity contribution in [2.45, 2.75) is 45.6 Å². The van der Waals surface area contributed by atoms with Crippen LogP contribution in [0.15, 0.2) is 29.0 Å². The van der Waals surface area contributed by atoms with Crippen LogP contribution < -0.4 is 4.90 Å². The highest BCUT2D eigenvalue weighted by atomic mass is 35.5. The van der Waals surface area contributed by atoms with Gasteiger partial charge in [0.1, 0.15) is 12.0 Å². The van der Waals surface area contributed by atoms with Gasteiger partial charge < -0.3 is 9.26 Å². The number of halogens is 1. The zero-order valence-corrected chi connectivity index (χ0v) is 17.9. The maximum Gasteiger partial charge on any atom is 0.414 e. The zero-order valence-electron chi connectivity index (χ0n) is 17.1. The highest BCUT2D eigenvalue weighted by Gasteiger charge is 2.45. The first-order valence-electron chi connectivity index (χ1n) is 9.16. The van der Waals surface area contributed by atoms with Gasteiger partial charge in [-0.2, -0.15) is 4.98 Å². The molecule has 1 aliphatic heterocycles. The van der Waals surface area contributed by atoms with E-state index >= 15 is 0 Å². The number of methoxy groups -OCH3 is 1. The van der Waals surface area contributed by atoms with Gasteiger partial charge in [0.25, 0.3) is 0 Å². The fraction of sp³-hybridized carbons (Fsp3) is 0.400. The standard InChI is InChI=1S/C20H22ClN5O3/c1-19(2,3)17-23-16(24-29-17)14-15-20(4,5)26(18(27)28-6)13-9-11(21)7-8-12(13)25(15)10-22-14/h7-10H,1-6H3. The Morgan fingerprint density at radius 1 is 1.24 bits per heavy atom. The number of carbonyl (C=O) groups excluding carboxylic acids is 1. The fourth-order valence-corrected chi connectivity index (χ4v) is 3.77. The summed E-state index contributed by atoms with van der Waals surface area (Å²) in [5.41, 5.74) is 1.57. The molecule has 1 amide bonds. The van der Waals surface area contributed by atoms with Crippen LogP contribution in [-0.2, 0) is 15.7 Å². The number of anilines is 1. The van der Waals surface area contributed by atoms with Crippen LogP contribution >= 0.6 is 11.6 Å². The minimum Gasteiger partial charge on any atom is -0.452 e. The average Bonchev–Trinajstić information content (AvgIpc) is 3.28. The number of amides is 1. The van der Waals surface area contributed by atoms with Crippen LogP contribution in [0.25, 0.3) is 17.2 Å². The van der Waals surface area contributed by atoms with Gasteiger partial charge in [0.05, 0.1) is 29.7 Å². The lowest BCUT2D eigenvalue weighted by atomic mass is 9.92. The summed E-state index contributed by atoms with van der Waals surface area (Å²) in [4.78, 5) is 23.4. The van der Waals surface area contributed by atoms with Crippen molar-refractivity contribution in [3.8, 4) is 17.2 Å². The molecule has 152 valence electrons. The van der Waals surface area contributed by atoms with Gasteiger partial charge in [-0.3, -0.25) is 9.47 Å². The second kappa shape index (κ2) is 6.32. The topological polar surface area (TPSA) is 86.3 Å². The molecule has 1 aromatic carbocycles. The van der Waals surface area contributed by atoms with Gasteiger partial charge in [0, 0.05) is 10.4 Å². The average molecular weight is 416 g/mol. The summed E-state index contributed by atoms with van der Waals surface area (Å²) in [5.74, 6) is 0.888. The summed E-state index contributed by atoms with van der Waals surface area (Å²) in [7, 11) is 1.35. The van der Waals surface area contributed by atoms with Crippen molar-refractivity contribution in [2.75, 3.05) is 12.0 Å². The first kappa shape index (κ1) is 19.4. The number of imidazole rings is 1. The minimum atomic E-state index is -0.820. The predicted octanol–water partition coefficient (Wildman–Crippen LogP) is 4.69. The number of aromatic nitrogens is 4. The Hall–Kier alpha value is -2.87. The molecule has 8 nitrogen and oxygen atoms in total. The van der Waals surface area contributed by atoms with Crippen LogP contribution in [-0.4, -0.2) is 32.9 Å². The number of nitrogens with zero attached hydrogens (tertiary/aromatic N) is 5. The Labute approximate surface area is 173 Å². The van der Waals surface area contributed by atoms with Gasteiger partial charge in [0.2, 0.25) is 11.7 Å². The Balaban J connectivity index is 1.97. The lowest BCUT2D eigenvalue weighted by Crippen LogP contribution is -2.50. The van der Waals surface area contributed by atoms with E-state index in [0.717, 1.165) is 11.4 Å². The third-order valence-corrected chi connectivity index (χ3v) is 5.22. The van der Waals surface area contributed by atoms with Crippen molar-refractivity contribution in [1.29, 1.82) is 0 Å². The van der Waals surface area contributed by atoms with Crippen LogP contribution in [0, 0.1) is 0 Å². The molecule has 0 aliphatic carbocycles. The Morgan fingerprint density at radius 3 is 2.59 bits per heavy atom. The summed E-state index contributed by atoms with van der Waals surface area (Å²) in [6.07, 6.45) is 1.20. The first-order chi connectivity index (χ1) is 13.6. The molecule has 0 N–H and O–H groups in total. The Kier molecular flexibility index (Phi) is 4.24. The minimum absolute atomic E-state index is 0.290. The molecule has 0 unspecified atom stereocenters. The molecule has 0 atom stereocenters. The SMILES string of the molecule is COC(=O)N1c2cc(Cl)ccc2-n2cnc(-c3noc(C(C)(C)C)n3)c2C1(C)C. The van der Waals surface area contributed by atoms with Crippen molar-refractivity contribution < 1.29 is 14.1 Å². The van der Waals surface area contributed by atoms with E-state index in [0.29, 0.717) is 28.1 Å². The largest absolute Gasteiger partial charge is 0.452 e. The Bertz CT molecular complexity index is 1110. The molecule has 3 aromatic rings. The summed E-state index contributed by atoms with van der Waals surface area (Å²) in [6.45, 7) is 9.81. The molecule has 0 fully saturated rings. The number of rotatable bonds is 1. The van der Waals surface area contributed by atoms with E-state index in [4.69, 9.17) is 20.9 Å². The van der Waals surface area contributed by atoms with E-state index in [9.17, 15) is 4.79 Å². The molecule has 2 aromatic heterocycles. The van der Waals surface area contributed by atoms with Crippen molar-refractivity contribution in [2.24, 2.45) is 0 Å². The maximum atomic E-state index is 12.8. The molecule has 0 bridgehead atoms. The number of carbonyl (C=O) groups is 1. The summed E-state index contributed by atoms with van der Waals surface area (Å²) < 4.78 is 12.5.